The predicted molar refractivity (Wildman–Crippen MR) is 147 cm³/mol. The average Bonchev–Trinajstić information content (AvgIpc) is 2.92. The molecule has 0 radical (unpaired) electrons. The maximum absolute atomic E-state index is 12.5. The molecule has 3 aromatic rings. The molecule has 2 amide bonds. The second-order valence-electron chi connectivity index (χ2n) is 8.12. The van der Waals surface area contributed by atoms with Crippen LogP contribution in [0.2, 0.25) is 5.02 Å². The van der Waals surface area contributed by atoms with E-state index in [2.05, 4.69) is 15.8 Å². The fourth-order valence-corrected chi connectivity index (χ4v) is 3.45. The quantitative estimate of drug-likeness (QED) is 0.241. The molecule has 0 aromatic heterocycles. The van der Waals surface area contributed by atoms with Crippen LogP contribution in [-0.2, 0) is 4.79 Å². The average molecular weight is 540 g/mol. The van der Waals surface area contributed by atoms with Gasteiger partial charge in [0.25, 0.3) is 11.8 Å². The zero-order chi connectivity index (χ0) is 27.5. The van der Waals surface area contributed by atoms with Crippen LogP contribution in [0, 0.1) is 6.92 Å². The van der Waals surface area contributed by atoms with E-state index < -0.39 is 5.91 Å². The molecule has 0 heterocycles. The molecule has 2 N–H and O–H groups in total. The molecule has 0 fully saturated rings. The summed E-state index contributed by atoms with van der Waals surface area (Å²) in [6.07, 6.45) is 2.32. The van der Waals surface area contributed by atoms with E-state index in [9.17, 15) is 9.59 Å². The van der Waals surface area contributed by atoms with Crippen molar-refractivity contribution >= 4 is 35.3 Å². The van der Waals surface area contributed by atoms with E-state index in [0.29, 0.717) is 51.4 Å². The molecule has 10 heteroatoms. The van der Waals surface area contributed by atoms with Crippen LogP contribution in [0.1, 0.15) is 34.8 Å². The monoisotopic (exact) mass is 539 g/mol. The predicted octanol–water partition coefficient (Wildman–Crippen LogP) is 5.24. The van der Waals surface area contributed by atoms with E-state index in [0.717, 1.165) is 12.0 Å². The number of benzene rings is 3. The Labute approximate surface area is 226 Å². The lowest BCUT2D eigenvalue weighted by Crippen LogP contribution is -2.20. The minimum atomic E-state index is -0.408. The van der Waals surface area contributed by atoms with Crippen LogP contribution in [0.5, 0.6) is 23.0 Å². The van der Waals surface area contributed by atoms with Crippen LogP contribution in [0.25, 0.3) is 0 Å². The summed E-state index contributed by atoms with van der Waals surface area (Å²) in [5.74, 6) is 1.06. The number of ether oxygens (including phenoxy) is 4. The van der Waals surface area contributed by atoms with Crippen LogP contribution >= 0.6 is 11.6 Å². The molecule has 0 aliphatic rings. The van der Waals surface area contributed by atoms with Gasteiger partial charge in [-0.2, -0.15) is 5.10 Å². The molecule has 38 heavy (non-hydrogen) atoms. The van der Waals surface area contributed by atoms with Crippen molar-refractivity contribution < 1.29 is 28.5 Å². The molecule has 0 aliphatic carbocycles. The minimum absolute atomic E-state index is 0.225. The molecule has 0 saturated heterocycles. The normalized spacial score (nSPS) is 10.7. The molecule has 0 atom stereocenters. The van der Waals surface area contributed by atoms with Gasteiger partial charge in [-0.25, -0.2) is 5.43 Å². The fourth-order valence-electron chi connectivity index (χ4n) is 3.26. The third-order valence-corrected chi connectivity index (χ3v) is 5.68. The summed E-state index contributed by atoms with van der Waals surface area (Å²) < 4.78 is 21.9. The summed E-state index contributed by atoms with van der Waals surface area (Å²) in [5.41, 5.74) is 5.00. The van der Waals surface area contributed by atoms with Crippen LogP contribution in [0.4, 0.5) is 5.69 Å². The van der Waals surface area contributed by atoms with Crippen molar-refractivity contribution in [3.8, 4) is 23.0 Å². The van der Waals surface area contributed by atoms with Gasteiger partial charge in [0.15, 0.2) is 29.6 Å². The molecule has 200 valence electrons. The van der Waals surface area contributed by atoms with Crippen LogP contribution < -0.4 is 29.7 Å². The lowest BCUT2D eigenvalue weighted by Gasteiger charge is -2.12. The zero-order valence-corrected chi connectivity index (χ0v) is 22.4. The summed E-state index contributed by atoms with van der Waals surface area (Å²) in [7, 11) is 3.00. The largest absolute Gasteiger partial charge is 0.493 e. The molecule has 0 unspecified atom stereocenters. The van der Waals surface area contributed by atoms with Gasteiger partial charge in [-0.05, 0) is 73.0 Å². The van der Waals surface area contributed by atoms with E-state index in [-0.39, 0.29) is 12.5 Å². The van der Waals surface area contributed by atoms with Gasteiger partial charge >= 0.3 is 0 Å². The summed E-state index contributed by atoms with van der Waals surface area (Å²) >= 11 is 6.10. The van der Waals surface area contributed by atoms with E-state index >= 15 is 0 Å². The van der Waals surface area contributed by atoms with E-state index in [1.165, 1.54) is 20.4 Å². The van der Waals surface area contributed by atoms with Crippen molar-refractivity contribution in [3.05, 3.63) is 76.3 Å². The van der Waals surface area contributed by atoms with Crippen LogP contribution in [0.15, 0.2) is 59.7 Å². The second kappa shape index (κ2) is 13.9. The molecule has 0 spiro atoms. The Bertz CT molecular complexity index is 1310. The Balaban J connectivity index is 1.57. The summed E-state index contributed by atoms with van der Waals surface area (Å²) in [6.45, 7) is 4.21. The number of halogens is 1. The first kappa shape index (κ1) is 28.3. The Morgan fingerprint density at radius 2 is 1.63 bits per heavy atom. The van der Waals surface area contributed by atoms with Gasteiger partial charge < -0.3 is 24.3 Å². The zero-order valence-electron chi connectivity index (χ0n) is 21.7. The number of aryl methyl sites for hydroxylation is 1. The van der Waals surface area contributed by atoms with Gasteiger partial charge in [0.05, 0.1) is 27.0 Å². The van der Waals surface area contributed by atoms with E-state index in [1.807, 2.05) is 19.9 Å². The maximum atomic E-state index is 12.5. The van der Waals surface area contributed by atoms with Gasteiger partial charge in [0.1, 0.15) is 0 Å². The standard InChI is InChI=1S/C28H30ClN3O6/c1-5-12-37-23-11-8-20(14-26(23)36-4)28(34)32-30-16-19-7-10-24(25(13-19)35-3)38-17-27(33)31-21-9-6-18(2)22(29)15-21/h6-11,13-16H,5,12,17H2,1-4H3,(H,31,33)(H,32,34)/b30-16+. The molecular weight excluding hydrogens is 510 g/mol. The summed E-state index contributed by atoms with van der Waals surface area (Å²) in [5, 5.41) is 7.32. The highest BCUT2D eigenvalue weighted by atomic mass is 35.5. The highest BCUT2D eigenvalue weighted by Gasteiger charge is 2.12. The minimum Gasteiger partial charge on any atom is -0.493 e. The van der Waals surface area contributed by atoms with Crippen molar-refractivity contribution in [1.82, 2.24) is 5.43 Å². The first-order valence-electron chi connectivity index (χ1n) is 11.9. The summed E-state index contributed by atoms with van der Waals surface area (Å²) in [6, 6.07) is 15.2. The number of carbonyl (C=O) groups is 2. The van der Waals surface area contributed by atoms with Gasteiger partial charge in [0, 0.05) is 16.3 Å². The Kier molecular flexibility index (Phi) is 10.4. The highest BCUT2D eigenvalue weighted by molar-refractivity contribution is 6.31. The number of amides is 2. The molecule has 0 aliphatic heterocycles. The third kappa shape index (κ3) is 7.88. The topological polar surface area (TPSA) is 107 Å². The molecule has 9 nitrogen and oxygen atoms in total. The molecular formula is C28H30ClN3O6. The number of hydrogen-bond donors (Lipinski definition) is 2. The number of rotatable bonds is 12. The van der Waals surface area contributed by atoms with E-state index in [1.54, 1.807) is 48.5 Å². The number of hydrazone groups is 1. The Morgan fingerprint density at radius 1 is 0.921 bits per heavy atom. The third-order valence-electron chi connectivity index (χ3n) is 5.27. The van der Waals surface area contributed by atoms with Crippen molar-refractivity contribution in [2.75, 3.05) is 32.8 Å². The van der Waals surface area contributed by atoms with Gasteiger partial charge in [-0.15, -0.1) is 0 Å². The van der Waals surface area contributed by atoms with Crippen molar-refractivity contribution in [2.24, 2.45) is 5.10 Å². The lowest BCUT2D eigenvalue weighted by atomic mass is 10.2. The number of hydrogen-bond acceptors (Lipinski definition) is 7. The van der Waals surface area contributed by atoms with Crippen molar-refractivity contribution in [1.29, 1.82) is 0 Å². The van der Waals surface area contributed by atoms with Crippen molar-refractivity contribution in [2.45, 2.75) is 20.3 Å². The smallest absolute Gasteiger partial charge is 0.271 e. The highest BCUT2D eigenvalue weighted by Crippen LogP contribution is 2.29. The molecule has 3 rings (SSSR count). The Morgan fingerprint density at radius 3 is 2.34 bits per heavy atom. The van der Waals surface area contributed by atoms with Gasteiger partial charge in [0.2, 0.25) is 0 Å². The fraction of sp³-hybridized carbons (Fsp3) is 0.250. The van der Waals surface area contributed by atoms with Crippen LogP contribution in [-0.4, -0.2) is 45.5 Å². The van der Waals surface area contributed by atoms with Crippen LogP contribution in [0.3, 0.4) is 0 Å². The maximum Gasteiger partial charge on any atom is 0.271 e. The second-order valence-corrected chi connectivity index (χ2v) is 8.53. The lowest BCUT2D eigenvalue weighted by molar-refractivity contribution is -0.118. The number of carbonyl (C=O) groups excluding carboxylic acids is 2. The molecule has 0 bridgehead atoms. The number of nitrogens with zero attached hydrogens (tertiary/aromatic N) is 1. The van der Waals surface area contributed by atoms with E-state index in [4.69, 9.17) is 30.5 Å². The molecule has 3 aromatic carbocycles. The number of methoxy groups -OCH3 is 2. The SMILES string of the molecule is CCCOc1ccc(C(=O)N/N=C/c2ccc(OCC(=O)Nc3ccc(C)c(Cl)c3)c(OC)c2)cc1OC. The van der Waals surface area contributed by atoms with Crippen molar-refractivity contribution in [3.63, 3.8) is 0 Å². The summed E-state index contributed by atoms with van der Waals surface area (Å²) in [4.78, 5) is 24.8. The van der Waals surface area contributed by atoms with Gasteiger partial charge in [-0.3, -0.25) is 9.59 Å². The van der Waals surface area contributed by atoms with Gasteiger partial charge in [-0.1, -0.05) is 24.6 Å². The first-order chi connectivity index (χ1) is 18.3. The molecule has 0 saturated carbocycles. The Hall–Kier alpha value is -4.24. The first-order valence-corrected chi connectivity index (χ1v) is 12.2. The number of anilines is 1. The number of nitrogens with one attached hydrogen (secondary N) is 2.